The first-order valence-electron chi connectivity index (χ1n) is 6.52. The highest BCUT2D eigenvalue weighted by molar-refractivity contribution is 5.83. The molecule has 1 saturated carbocycles. The molecule has 1 fully saturated rings. The van der Waals surface area contributed by atoms with Gasteiger partial charge in [-0.25, -0.2) is 4.98 Å². The van der Waals surface area contributed by atoms with Gasteiger partial charge in [0.05, 0.1) is 6.33 Å². The van der Waals surface area contributed by atoms with Crippen LogP contribution in [0.5, 0.6) is 0 Å². The van der Waals surface area contributed by atoms with E-state index in [-0.39, 0.29) is 0 Å². The fourth-order valence-corrected chi connectivity index (χ4v) is 2.49. The summed E-state index contributed by atoms with van der Waals surface area (Å²) in [6, 6.07) is 0.518. The summed E-state index contributed by atoms with van der Waals surface area (Å²) in [6.07, 6.45) is 8.04. The molecule has 1 aliphatic rings. The predicted octanol–water partition coefficient (Wildman–Crippen LogP) is 2.14. The third-order valence-electron chi connectivity index (χ3n) is 3.46. The molecule has 1 aliphatic carbocycles. The van der Waals surface area contributed by atoms with Gasteiger partial charge in [0.2, 0.25) is 5.95 Å². The number of aromatic nitrogens is 4. The van der Waals surface area contributed by atoms with Gasteiger partial charge < -0.3 is 15.6 Å². The fourth-order valence-electron chi connectivity index (χ4n) is 2.49. The van der Waals surface area contributed by atoms with Crippen LogP contribution in [0.1, 0.15) is 32.1 Å². The summed E-state index contributed by atoms with van der Waals surface area (Å²) in [4.78, 5) is 16.1. The number of hydrogen-bond acceptors (Lipinski definition) is 5. The summed E-state index contributed by atoms with van der Waals surface area (Å²) < 4.78 is 0. The van der Waals surface area contributed by atoms with Crippen LogP contribution in [0.15, 0.2) is 6.33 Å². The molecule has 0 bridgehead atoms. The van der Waals surface area contributed by atoms with Crippen molar-refractivity contribution in [3.63, 3.8) is 0 Å². The van der Waals surface area contributed by atoms with E-state index in [0.717, 1.165) is 11.3 Å². The average Bonchev–Trinajstić information content (AvgIpc) is 2.88. The lowest BCUT2D eigenvalue weighted by atomic mass is 9.95. The number of anilines is 2. The molecule has 0 saturated heterocycles. The number of aromatic amines is 1. The van der Waals surface area contributed by atoms with E-state index in [1.54, 1.807) is 6.33 Å². The molecule has 3 N–H and O–H groups in total. The number of fused-ring (bicyclic) bond motifs is 1. The van der Waals surface area contributed by atoms with Crippen molar-refractivity contribution in [3.8, 4) is 0 Å². The Labute approximate surface area is 106 Å². The van der Waals surface area contributed by atoms with Crippen LogP contribution in [0.4, 0.5) is 11.8 Å². The minimum atomic E-state index is 0.518. The van der Waals surface area contributed by atoms with Crippen LogP contribution in [0.25, 0.3) is 11.2 Å². The minimum Gasteiger partial charge on any atom is -0.365 e. The van der Waals surface area contributed by atoms with Crippen molar-refractivity contribution >= 4 is 22.9 Å². The van der Waals surface area contributed by atoms with E-state index in [0.29, 0.717) is 17.6 Å². The largest absolute Gasteiger partial charge is 0.365 e. The number of hydrogen-bond donors (Lipinski definition) is 3. The van der Waals surface area contributed by atoms with Crippen LogP contribution in [-0.4, -0.2) is 33.0 Å². The van der Waals surface area contributed by atoms with Gasteiger partial charge in [-0.15, -0.1) is 0 Å². The van der Waals surface area contributed by atoms with E-state index in [1.165, 1.54) is 32.1 Å². The third-order valence-corrected chi connectivity index (χ3v) is 3.46. The number of rotatable bonds is 3. The van der Waals surface area contributed by atoms with Crippen molar-refractivity contribution in [3.05, 3.63) is 6.33 Å². The van der Waals surface area contributed by atoms with E-state index < -0.39 is 0 Å². The topological polar surface area (TPSA) is 78.5 Å². The second kappa shape index (κ2) is 4.80. The van der Waals surface area contributed by atoms with Crippen molar-refractivity contribution in [1.29, 1.82) is 0 Å². The van der Waals surface area contributed by atoms with Crippen LogP contribution in [0.3, 0.4) is 0 Å². The molecule has 6 nitrogen and oxygen atoms in total. The van der Waals surface area contributed by atoms with Gasteiger partial charge in [-0.05, 0) is 12.8 Å². The molecule has 0 radical (unpaired) electrons. The van der Waals surface area contributed by atoms with Gasteiger partial charge >= 0.3 is 0 Å². The summed E-state index contributed by atoms with van der Waals surface area (Å²) in [7, 11) is 1.82. The molecule has 0 unspecified atom stereocenters. The van der Waals surface area contributed by atoms with Crippen LogP contribution < -0.4 is 10.6 Å². The zero-order chi connectivity index (χ0) is 12.4. The quantitative estimate of drug-likeness (QED) is 0.773. The van der Waals surface area contributed by atoms with Gasteiger partial charge in [-0.2, -0.15) is 9.97 Å². The fraction of sp³-hybridized carbons (Fsp3) is 0.583. The highest BCUT2D eigenvalue weighted by Gasteiger charge is 2.16. The maximum Gasteiger partial charge on any atom is 0.226 e. The number of nitrogens with one attached hydrogen (secondary N) is 3. The van der Waals surface area contributed by atoms with Crippen molar-refractivity contribution < 1.29 is 0 Å². The lowest BCUT2D eigenvalue weighted by Gasteiger charge is -2.23. The molecule has 0 spiro atoms. The van der Waals surface area contributed by atoms with Gasteiger partial charge in [-0.3, -0.25) is 0 Å². The maximum absolute atomic E-state index is 4.48. The van der Waals surface area contributed by atoms with Crippen LogP contribution in [0, 0.1) is 0 Å². The molecule has 3 rings (SSSR count). The van der Waals surface area contributed by atoms with E-state index in [9.17, 15) is 0 Å². The molecule has 2 aromatic heterocycles. The molecule has 0 aliphatic heterocycles. The zero-order valence-electron chi connectivity index (χ0n) is 10.5. The standard InChI is InChI=1S/C12H18N6/c1-13-12-17-10-9(14-7-15-10)11(18-12)16-8-5-3-2-4-6-8/h7-8H,2-6H2,1H3,(H3,13,14,15,16,17,18). The second-order valence-corrected chi connectivity index (χ2v) is 4.73. The first-order valence-corrected chi connectivity index (χ1v) is 6.52. The second-order valence-electron chi connectivity index (χ2n) is 4.73. The third kappa shape index (κ3) is 2.10. The van der Waals surface area contributed by atoms with Gasteiger partial charge in [0.25, 0.3) is 0 Å². The van der Waals surface area contributed by atoms with E-state index in [4.69, 9.17) is 0 Å². The van der Waals surface area contributed by atoms with Gasteiger partial charge in [0.1, 0.15) is 5.52 Å². The number of imidazole rings is 1. The zero-order valence-corrected chi connectivity index (χ0v) is 10.5. The van der Waals surface area contributed by atoms with Crippen LogP contribution in [-0.2, 0) is 0 Å². The maximum atomic E-state index is 4.48. The Morgan fingerprint density at radius 1 is 1.22 bits per heavy atom. The highest BCUT2D eigenvalue weighted by atomic mass is 15.2. The van der Waals surface area contributed by atoms with Crippen molar-refractivity contribution in [1.82, 2.24) is 19.9 Å². The Kier molecular flexibility index (Phi) is 3.00. The lowest BCUT2D eigenvalue weighted by molar-refractivity contribution is 0.462. The van der Waals surface area contributed by atoms with Gasteiger partial charge in [-0.1, -0.05) is 19.3 Å². The minimum absolute atomic E-state index is 0.518. The predicted molar refractivity (Wildman–Crippen MR) is 71.7 cm³/mol. The normalized spacial score (nSPS) is 16.9. The molecular weight excluding hydrogens is 228 g/mol. The summed E-state index contributed by atoms with van der Waals surface area (Å²) in [6.45, 7) is 0. The summed E-state index contributed by atoms with van der Waals surface area (Å²) in [5.74, 6) is 1.46. The van der Waals surface area contributed by atoms with Crippen molar-refractivity contribution in [2.45, 2.75) is 38.1 Å². The van der Waals surface area contributed by atoms with E-state index in [1.807, 2.05) is 7.05 Å². The molecule has 96 valence electrons. The Hall–Kier alpha value is -1.85. The molecule has 18 heavy (non-hydrogen) atoms. The molecule has 6 heteroatoms. The van der Waals surface area contributed by atoms with Crippen molar-refractivity contribution in [2.75, 3.05) is 17.7 Å². The Balaban J connectivity index is 1.91. The summed E-state index contributed by atoms with van der Waals surface area (Å²) in [5, 5.41) is 6.49. The first-order chi connectivity index (χ1) is 8.86. The van der Waals surface area contributed by atoms with E-state index >= 15 is 0 Å². The molecular formula is C12H18N6. The number of H-pyrrole nitrogens is 1. The monoisotopic (exact) mass is 246 g/mol. The van der Waals surface area contributed by atoms with Gasteiger partial charge in [0.15, 0.2) is 11.5 Å². The van der Waals surface area contributed by atoms with Gasteiger partial charge in [0, 0.05) is 13.1 Å². The lowest BCUT2D eigenvalue weighted by Crippen LogP contribution is -2.23. The molecule has 2 aromatic rings. The number of nitrogens with zero attached hydrogens (tertiary/aromatic N) is 3. The average molecular weight is 246 g/mol. The van der Waals surface area contributed by atoms with Crippen LogP contribution in [0.2, 0.25) is 0 Å². The van der Waals surface area contributed by atoms with Crippen molar-refractivity contribution in [2.24, 2.45) is 0 Å². The highest BCUT2D eigenvalue weighted by Crippen LogP contribution is 2.24. The molecule has 0 atom stereocenters. The SMILES string of the molecule is CNc1nc(NC2CCCCC2)c2[nH]cnc2n1. The molecule has 2 heterocycles. The molecule has 0 amide bonds. The summed E-state index contributed by atoms with van der Waals surface area (Å²) in [5.41, 5.74) is 1.59. The Morgan fingerprint density at radius 3 is 2.83 bits per heavy atom. The van der Waals surface area contributed by atoms with E-state index in [2.05, 4.69) is 30.6 Å². The Bertz CT molecular complexity index is 528. The van der Waals surface area contributed by atoms with Crippen LogP contribution >= 0.6 is 0 Å². The Morgan fingerprint density at radius 2 is 2.06 bits per heavy atom. The first kappa shape index (κ1) is 11.3. The smallest absolute Gasteiger partial charge is 0.226 e. The summed E-state index contributed by atoms with van der Waals surface area (Å²) >= 11 is 0. The molecule has 0 aromatic carbocycles.